The summed E-state index contributed by atoms with van der Waals surface area (Å²) in [4.78, 5) is 23.9. The summed E-state index contributed by atoms with van der Waals surface area (Å²) in [5, 5.41) is 0. The number of esters is 1. The van der Waals surface area contributed by atoms with E-state index in [9.17, 15) is 31.5 Å². The first-order valence-electron chi connectivity index (χ1n) is 6.73. The molecule has 0 saturated carbocycles. The predicted octanol–water partition coefficient (Wildman–Crippen LogP) is 3.65. The molecule has 1 aromatic carbocycles. The van der Waals surface area contributed by atoms with E-state index in [-0.39, 0.29) is 19.3 Å². The standard InChI is InChI=1S/C15H13F5O4/c1-3-23-7-9(14(22)24-4-2)13(21)8-5-6-10(15(18,19)20)12(17)11(8)16/h5-7H,3-4H2,1-2H3/b9-7-. The minimum atomic E-state index is -5.13. The number of hydrogen-bond acceptors (Lipinski definition) is 4. The molecule has 132 valence electrons. The lowest BCUT2D eigenvalue weighted by Crippen LogP contribution is -2.19. The summed E-state index contributed by atoms with van der Waals surface area (Å²) in [5.74, 6) is -6.77. The van der Waals surface area contributed by atoms with Gasteiger partial charge in [0.25, 0.3) is 0 Å². The van der Waals surface area contributed by atoms with Crippen molar-refractivity contribution >= 4 is 11.8 Å². The van der Waals surface area contributed by atoms with Gasteiger partial charge in [0.1, 0.15) is 11.8 Å². The molecule has 0 atom stereocenters. The lowest BCUT2D eigenvalue weighted by atomic mass is 10.0. The molecular formula is C15H13F5O4. The Labute approximate surface area is 133 Å². The molecule has 0 radical (unpaired) electrons. The van der Waals surface area contributed by atoms with Crippen LogP contribution in [0, 0.1) is 11.6 Å². The molecule has 24 heavy (non-hydrogen) atoms. The zero-order valence-electron chi connectivity index (χ0n) is 12.7. The number of alkyl halides is 3. The van der Waals surface area contributed by atoms with Crippen molar-refractivity contribution in [3.05, 3.63) is 46.7 Å². The summed E-state index contributed by atoms with van der Waals surface area (Å²) in [6, 6.07) is 0.664. The molecule has 0 aromatic heterocycles. The molecule has 9 heteroatoms. The van der Waals surface area contributed by atoms with E-state index >= 15 is 0 Å². The molecule has 0 aliphatic heterocycles. The fourth-order valence-corrected chi connectivity index (χ4v) is 1.66. The van der Waals surface area contributed by atoms with Gasteiger partial charge in [-0.1, -0.05) is 0 Å². The van der Waals surface area contributed by atoms with Gasteiger partial charge in [-0.15, -0.1) is 0 Å². The van der Waals surface area contributed by atoms with E-state index in [4.69, 9.17) is 4.74 Å². The van der Waals surface area contributed by atoms with Crippen LogP contribution < -0.4 is 0 Å². The maximum Gasteiger partial charge on any atom is 0.419 e. The van der Waals surface area contributed by atoms with E-state index in [1.165, 1.54) is 13.8 Å². The fourth-order valence-electron chi connectivity index (χ4n) is 1.66. The highest BCUT2D eigenvalue weighted by Crippen LogP contribution is 2.33. The average Bonchev–Trinajstić information content (AvgIpc) is 2.49. The normalized spacial score (nSPS) is 12.0. The number of ketones is 1. The lowest BCUT2D eigenvalue weighted by Gasteiger charge is -2.11. The topological polar surface area (TPSA) is 52.6 Å². The SMILES string of the molecule is CCO/C=C(\C(=O)OCC)C(=O)c1ccc(C(F)(F)F)c(F)c1F. The number of halogens is 5. The minimum absolute atomic E-state index is 0.0556. The van der Waals surface area contributed by atoms with Gasteiger partial charge in [0, 0.05) is 0 Å². The highest BCUT2D eigenvalue weighted by Gasteiger charge is 2.37. The summed E-state index contributed by atoms with van der Waals surface area (Å²) < 4.78 is 74.3. The van der Waals surface area contributed by atoms with Crippen LogP contribution in [0.15, 0.2) is 24.0 Å². The first-order valence-corrected chi connectivity index (χ1v) is 6.73. The van der Waals surface area contributed by atoms with Gasteiger partial charge in [-0.25, -0.2) is 13.6 Å². The van der Waals surface area contributed by atoms with Crippen LogP contribution in [0.2, 0.25) is 0 Å². The number of hydrogen-bond donors (Lipinski definition) is 0. The fraction of sp³-hybridized carbons (Fsp3) is 0.333. The Bertz CT molecular complexity index is 665. The van der Waals surface area contributed by atoms with Crippen LogP contribution in [-0.4, -0.2) is 25.0 Å². The Kier molecular flexibility index (Phi) is 6.44. The van der Waals surface area contributed by atoms with E-state index in [0.29, 0.717) is 12.3 Å². The summed E-state index contributed by atoms with van der Waals surface area (Å²) in [5.41, 5.74) is -3.67. The van der Waals surface area contributed by atoms with Gasteiger partial charge >= 0.3 is 12.1 Å². The zero-order chi connectivity index (χ0) is 18.5. The van der Waals surface area contributed by atoms with Crippen LogP contribution in [0.5, 0.6) is 0 Å². The van der Waals surface area contributed by atoms with E-state index < -0.39 is 46.3 Å². The maximum atomic E-state index is 13.9. The second kappa shape index (κ2) is 7.89. The minimum Gasteiger partial charge on any atom is -0.500 e. The Balaban J connectivity index is 3.35. The van der Waals surface area contributed by atoms with Gasteiger partial charge in [-0.05, 0) is 26.0 Å². The van der Waals surface area contributed by atoms with Gasteiger partial charge in [0.15, 0.2) is 11.6 Å². The van der Waals surface area contributed by atoms with Gasteiger partial charge in [-0.3, -0.25) is 4.79 Å². The van der Waals surface area contributed by atoms with Crippen molar-refractivity contribution in [1.82, 2.24) is 0 Å². The molecule has 0 N–H and O–H groups in total. The second-order valence-corrected chi connectivity index (χ2v) is 4.32. The Hall–Kier alpha value is -2.45. The number of carbonyl (C=O) groups is 2. The Morgan fingerprint density at radius 3 is 2.21 bits per heavy atom. The molecule has 0 unspecified atom stereocenters. The molecule has 4 nitrogen and oxygen atoms in total. The molecule has 1 rings (SSSR count). The predicted molar refractivity (Wildman–Crippen MR) is 72.0 cm³/mol. The zero-order valence-corrected chi connectivity index (χ0v) is 12.7. The largest absolute Gasteiger partial charge is 0.500 e. The van der Waals surface area contributed by atoms with Crippen LogP contribution >= 0.6 is 0 Å². The molecule has 0 fully saturated rings. The monoisotopic (exact) mass is 352 g/mol. The van der Waals surface area contributed by atoms with Gasteiger partial charge < -0.3 is 9.47 Å². The van der Waals surface area contributed by atoms with Crippen molar-refractivity contribution in [2.45, 2.75) is 20.0 Å². The highest BCUT2D eigenvalue weighted by molar-refractivity contribution is 6.24. The number of ether oxygens (including phenoxy) is 2. The molecule has 0 aliphatic rings. The van der Waals surface area contributed by atoms with Crippen LogP contribution in [0.4, 0.5) is 22.0 Å². The van der Waals surface area contributed by atoms with Crippen molar-refractivity contribution < 1.29 is 41.0 Å². The number of Topliss-reactive ketones (excluding diaryl/α,β-unsaturated/α-hetero) is 1. The summed E-state index contributed by atoms with van der Waals surface area (Å²) >= 11 is 0. The van der Waals surface area contributed by atoms with E-state index in [1.807, 2.05) is 0 Å². The third kappa shape index (κ3) is 4.30. The maximum absolute atomic E-state index is 13.9. The molecule has 0 aliphatic carbocycles. The van der Waals surface area contributed by atoms with E-state index in [0.717, 1.165) is 0 Å². The molecule has 0 saturated heterocycles. The smallest absolute Gasteiger partial charge is 0.419 e. The van der Waals surface area contributed by atoms with Crippen molar-refractivity contribution in [3.63, 3.8) is 0 Å². The highest BCUT2D eigenvalue weighted by atomic mass is 19.4. The average molecular weight is 352 g/mol. The quantitative estimate of drug-likeness (QED) is 0.149. The van der Waals surface area contributed by atoms with Crippen LogP contribution in [0.25, 0.3) is 0 Å². The molecular weight excluding hydrogens is 339 g/mol. The third-order valence-corrected chi connectivity index (χ3v) is 2.74. The van der Waals surface area contributed by atoms with E-state index in [1.54, 1.807) is 0 Å². The molecule has 1 aromatic rings. The van der Waals surface area contributed by atoms with E-state index in [2.05, 4.69) is 4.74 Å². The van der Waals surface area contributed by atoms with Crippen LogP contribution in [0.1, 0.15) is 29.8 Å². The molecule has 0 bridgehead atoms. The second-order valence-electron chi connectivity index (χ2n) is 4.32. The number of rotatable bonds is 6. The molecule has 0 spiro atoms. The number of carbonyl (C=O) groups excluding carboxylic acids is 2. The van der Waals surface area contributed by atoms with Crippen LogP contribution in [-0.2, 0) is 20.4 Å². The van der Waals surface area contributed by atoms with Gasteiger partial charge in [0.05, 0.1) is 24.3 Å². The summed E-state index contributed by atoms with van der Waals surface area (Å²) in [7, 11) is 0. The van der Waals surface area contributed by atoms with Crippen molar-refractivity contribution in [2.24, 2.45) is 0 Å². The van der Waals surface area contributed by atoms with Crippen molar-refractivity contribution in [2.75, 3.05) is 13.2 Å². The van der Waals surface area contributed by atoms with Crippen molar-refractivity contribution in [1.29, 1.82) is 0 Å². The first kappa shape index (κ1) is 19.6. The summed E-state index contributed by atoms with van der Waals surface area (Å²) in [6.07, 6.45) is -4.44. The number of benzene rings is 1. The first-order chi connectivity index (χ1) is 11.1. The summed E-state index contributed by atoms with van der Waals surface area (Å²) in [6.45, 7) is 2.92. The van der Waals surface area contributed by atoms with Crippen LogP contribution in [0.3, 0.4) is 0 Å². The molecule has 0 amide bonds. The Morgan fingerprint density at radius 2 is 1.71 bits per heavy atom. The third-order valence-electron chi connectivity index (χ3n) is 2.74. The van der Waals surface area contributed by atoms with Crippen molar-refractivity contribution in [3.8, 4) is 0 Å². The molecule has 0 heterocycles. The lowest BCUT2D eigenvalue weighted by molar-refractivity contribution is -0.140. The Morgan fingerprint density at radius 1 is 1.08 bits per heavy atom. The van der Waals surface area contributed by atoms with Gasteiger partial charge in [-0.2, -0.15) is 13.2 Å². The van der Waals surface area contributed by atoms with Gasteiger partial charge in [0.2, 0.25) is 5.78 Å².